The first kappa shape index (κ1) is 14.0. The quantitative estimate of drug-likeness (QED) is 0.869. The average Bonchev–Trinajstić information content (AvgIpc) is 2.38. The number of hydrogen-bond donors (Lipinski definition) is 1. The highest BCUT2D eigenvalue weighted by molar-refractivity contribution is 9.10. The lowest BCUT2D eigenvalue weighted by Gasteiger charge is -2.29. The van der Waals surface area contributed by atoms with Gasteiger partial charge in [-0.3, -0.25) is 0 Å². The zero-order chi connectivity index (χ0) is 13.0. The van der Waals surface area contributed by atoms with E-state index in [-0.39, 0.29) is 0 Å². The predicted molar refractivity (Wildman–Crippen MR) is 77.5 cm³/mol. The second-order valence-corrected chi connectivity index (χ2v) is 5.91. The number of piperidine rings is 1. The SMILES string of the molecule is CN1CCC(c2ccc(CCON)cc2Br)CC1. The fourth-order valence-corrected chi connectivity index (χ4v) is 3.30. The van der Waals surface area contributed by atoms with Crippen LogP contribution in [0.3, 0.4) is 0 Å². The summed E-state index contributed by atoms with van der Waals surface area (Å²) >= 11 is 3.70. The zero-order valence-electron chi connectivity index (χ0n) is 10.9. The number of halogens is 1. The van der Waals surface area contributed by atoms with E-state index >= 15 is 0 Å². The smallest absolute Gasteiger partial charge is 0.0719 e. The topological polar surface area (TPSA) is 38.5 Å². The van der Waals surface area contributed by atoms with Crippen LogP contribution in [0.1, 0.15) is 29.9 Å². The maximum Gasteiger partial charge on any atom is 0.0719 e. The summed E-state index contributed by atoms with van der Waals surface area (Å²) in [4.78, 5) is 7.02. The lowest BCUT2D eigenvalue weighted by Crippen LogP contribution is -2.29. The van der Waals surface area contributed by atoms with Crippen molar-refractivity contribution in [3.63, 3.8) is 0 Å². The molecule has 0 radical (unpaired) electrons. The molecule has 1 aliphatic rings. The minimum absolute atomic E-state index is 0.569. The van der Waals surface area contributed by atoms with Crippen molar-refractivity contribution >= 4 is 15.9 Å². The van der Waals surface area contributed by atoms with Gasteiger partial charge in [0.15, 0.2) is 0 Å². The van der Waals surface area contributed by atoms with Crippen molar-refractivity contribution in [2.45, 2.75) is 25.2 Å². The summed E-state index contributed by atoms with van der Waals surface area (Å²) < 4.78 is 1.23. The first-order chi connectivity index (χ1) is 8.70. The Bertz CT molecular complexity index is 389. The van der Waals surface area contributed by atoms with Crippen LogP contribution in [0.2, 0.25) is 0 Å². The number of likely N-dealkylation sites (tertiary alicyclic amines) is 1. The molecule has 3 nitrogen and oxygen atoms in total. The van der Waals surface area contributed by atoms with Crippen LogP contribution in [0, 0.1) is 0 Å². The maximum absolute atomic E-state index is 5.06. The molecule has 0 amide bonds. The molecule has 0 aromatic heterocycles. The first-order valence-corrected chi connectivity index (χ1v) is 7.28. The Morgan fingerprint density at radius 3 is 2.72 bits per heavy atom. The van der Waals surface area contributed by atoms with Crippen molar-refractivity contribution in [2.75, 3.05) is 26.7 Å². The number of benzene rings is 1. The highest BCUT2D eigenvalue weighted by Gasteiger charge is 2.20. The number of nitrogens with zero attached hydrogens (tertiary/aromatic N) is 1. The van der Waals surface area contributed by atoms with Crippen molar-refractivity contribution in [1.82, 2.24) is 4.90 Å². The summed E-state index contributed by atoms with van der Waals surface area (Å²) in [6.07, 6.45) is 3.36. The summed E-state index contributed by atoms with van der Waals surface area (Å²) in [7, 11) is 2.20. The molecule has 1 heterocycles. The molecule has 0 saturated carbocycles. The molecule has 0 unspecified atom stereocenters. The predicted octanol–water partition coefficient (Wildman–Crippen LogP) is 2.69. The Kier molecular flexibility index (Phi) is 5.18. The molecule has 4 heteroatoms. The molecule has 0 aliphatic carbocycles. The van der Waals surface area contributed by atoms with Gasteiger partial charge in [0.1, 0.15) is 0 Å². The monoisotopic (exact) mass is 312 g/mol. The molecule has 100 valence electrons. The van der Waals surface area contributed by atoms with Crippen molar-refractivity contribution < 1.29 is 4.84 Å². The second kappa shape index (κ2) is 6.66. The van der Waals surface area contributed by atoms with Gasteiger partial charge in [0, 0.05) is 4.47 Å². The summed E-state index contributed by atoms with van der Waals surface area (Å²) in [6.45, 7) is 2.96. The fourth-order valence-electron chi connectivity index (χ4n) is 2.55. The van der Waals surface area contributed by atoms with Crippen LogP contribution in [0.4, 0.5) is 0 Å². The Morgan fingerprint density at radius 2 is 2.11 bits per heavy atom. The number of nitrogens with two attached hydrogens (primary N) is 1. The fraction of sp³-hybridized carbons (Fsp3) is 0.571. The van der Waals surface area contributed by atoms with E-state index in [4.69, 9.17) is 5.90 Å². The zero-order valence-corrected chi connectivity index (χ0v) is 12.4. The van der Waals surface area contributed by atoms with E-state index in [1.54, 1.807) is 0 Å². The van der Waals surface area contributed by atoms with Gasteiger partial charge in [0.25, 0.3) is 0 Å². The van der Waals surface area contributed by atoms with Crippen LogP contribution in [-0.4, -0.2) is 31.6 Å². The van der Waals surface area contributed by atoms with Crippen LogP contribution < -0.4 is 5.90 Å². The van der Waals surface area contributed by atoms with Crippen LogP contribution in [0.5, 0.6) is 0 Å². The molecule has 1 saturated heterocycles. The van der Waals surface area contributed by atoms with E-state index < -0.39 is 0 Å². The van der Waals surface area contributed by atoms with Gasteiger partial charge in [-0.15, -0.1) is 0 Å². The van der Waals surface area contributed by atoms with Crippen LogP contribution in [0.15, 0.2) is 22.7 Å². The van der Waals surface area contributed by atoms with Gasteiger partial charge < -0.3 is 9.74 Å². The molecule has 2 rings (SSSR count). The summed E-state index contributed by atoms with van der Waals surface area (Å²) in [5.41, 5.74) is 2.71. The molecule has 1 aliphatic heterocycles. The van der Waals surface area contributed by atoms with Gasteiger partial charge in [-0.25, -0.2) is 5.90 Å². The molecule has 2 N–H and O–H groups in total. The second-order valence-electron chi connectivity index (χ2n) is 5.05. The molecule has 0 atom stereocenters. The normalized spacial score (nSPS) is 18.2. The van der Waals surface area contributed by atoms with E-state index in [0.29, 0.717) is 12.5 Å². The average molecular weight is 313 g/mol. The van der Waals surface area contributed by atoms with Crippen molar-refractivity contribution in [3.05, 3.63) is 33.8 Å². The summed E-state index contributed by atoms with van der Waals surface area (Å²) in [6, 6.07) is 6.65. The third-order valence-corrected chi connectivity index (χ3v) is 4.42. The van der Waals surface area contributed by atoms with E-state index in [2.05, 4.69) is 50.9 Å². The van der Waals surface area contributed by atoms with Gasteiger partial charge in [0.2, 0.25) is 0 Å². The Balaban J connectivity index is 2.05. The largest absolute Gasteiger partial charge is 0.306 e. The third kappa shape index (κ3) is 3.54. The lowest BCUT2D eigenvalue weighted by molar-refractivity contribution is 0.141. The van der Waals surface area contributed by atoms with Gasteiger partial charge in [-0.05, 0) is 62.5 Å². The van der Waals surface area contributed by atoms with E-state index in [9.17, 15) is 0 Å². The van der Waals surface area contributed by atoms with Crippen LogP contribution >= 0.6 is 15.9 Å². The summed E-state index contributed by atoms with van der Waals surface area (Å²) in [5, 5.41) is 0. The molecular weight excluding hydrogens is 292 g/mol. The Morgan fingerprint density at radius 1 is 1.39 bits per heavy atom. The van der Waals surface area contributed by atoms with Crippen molar-refractivity contribution in [3.8, 4) is 0 Å². The third-order valence-electron chi connectivity index (χ3n) is 3.73. The Labute approximate surface area is 117 Å². The molecule has 0 spiro atoms. The molecule has 0 bridgehead atoms. The van der Waals surface area contributed by atoms with Gasteiger partial charge in [-0.1, -0.05) is 28.1 Å². The number of hydrogen-bond acceptors (Lipinski definition) is 3. The highest BCUT2D eigenvalue weighted by atomic mass is 79.9. The number of rotatable bonds is 4. The summed E-state index contributed by atoms with van der Waals surface area (Å²) in [5.74, 6) is 5.75. The maximum atomic E-state index is 5.06. The lowest BCUT2D eigenvalue weighted by atomic mass is 9.89. The van der Waals surface area contributed by atoms with Gasteiger partial charge in [0.05, 0.1) is 6.61 Å². The van der Waals surface area contributed by atoms with Crippen molar-refractivity contribution in [1.29, 1.82) is 0 Å². The van der Waals surface area contributed by atoms with Crippen molar-refractivity contribution in [2.24, 2.45) is 5.90 Å². The standard InChI is InChI=1S/C14H21BrN2O/c1-17-7-4-12(5-8-17)13-3-2-11(6-9-18-16)10-14(13)15/h2-3,10,12H,4-9,16H2,1H3. The minimum Gasteiger partial charge on any atom is -0.306 e. The first-order valence-electron chi connectivity index (χ1n) is 6.49. The minimum atomic E-state index is 0.569. The Hall–Kier alpha value is -0.420. The van der Waals surface area contributed by atoms with Crippen LogP contribution in [-0.2, 0) is 11.3 Å². The molecule has 18 heavy (non-hydrogen) atoms. The van der Waals surface area contributed by atoms with E-state index in [1.807, 2.05) is 0 Å². The van der Waals surface area contributed by atoms with Crippen LogP contribution in [0.25, 0.3) is 0 Å². The van der Waals surface area contributed by atoms with Gasteiger partial charge >= 0.3 is 0 Å². The molecule has 1 aromatic rings. The highest BCUT2D eigenvalue weighted by Crippen LogP contribution is 2.33. The van der Waals surface area contributed by atoms with Gasteiger partial charge in [-0.2, -0.15) is 0 Å². The molecule has 1 fully saturated rings. The van der Waals surface area contributed by atoms with E-state index in [0.717, 1.165) is 6.42 Å². The molecule has 1 aromatic carbocycles. The van der Waals surface area contributed by atoms with E-state index in [1.165, 1.54) is 41.5 Å². The molecular formula is C14H21BrN2O.